The lowest BCUT2D eigenvalue weighted by molar-refractivity contribution is 0.0256. The fourth-order valence-electron chi connectivity index (χ4n) is 2.58. The first-order valence-electron chi connectivity index (χ1n) is 7.39. The maximum atomic E-state index is 13.8. The van der Waals surface area contributed by atoms with Gasteiger partial charge in [0.25, 0.3) is 0 Å². The summed E-state index contributed by atoms with van der Waals surface area (Å²) in [4.78, 5) is 5.47. The number of rotatable bonds is 3. The summed E-state index contributed by atoms with van der Waals surface area (Å²) in [7, 11) is 0. The second-order valence-electron chi connectivity index (χ2n) is 5.66. The zero-order valence-electron chi connectivity index (χ0n) is 11.6. The molecule has 0 atom stereocenters. The normalized spacial score (nSPS) is 22.2. The van der Waals surface area contributed by atoms with E-state index in [0.29, 0.717) is 24.9 Å². The van der Waals surface area contributed by atoms with Gasteiger partial charge in [0.15, 0.2) is 0 Å². The van der Waals surface area contributed by atoms with Crippen molar-refractivity contribution in [1.29, 1.82) is 0 Å². The summed E-state index contributed by atoms with van der Waals surface area (Å²) in [5.74, 6) is 1.81. The fraction of sp³-hybridized carbons (Fsp3) is 0.533. The molecule has 4 nitrogen and oxygen atoms in total. The molecule has 112 valence electrons. The molecule has 1 saturated heterocycles. The van der Waals surface area contributed by atoms with Crippen molar-refractivity contribution in [3.8, 4) is 5.75 Å². The first-order chi connectivity index (χ1) is 10.3. The van der Waals surface area contributed by atoms with Crippen LogP contribution >= 0.6 is 11.9 Å². The number of ether oxygens (including phenoxy) is 2. The Kier molecular flexibility index (Phi) is 3.51. The molecule has 1 saturated carbocycles. The van der Waals surface area contributed by atoms with Gasteiger partial charge in [-0.15, -0.1) is 0 Å². The third kappa shape index (κ3) is 2.87. The van der Waals surface area contributed by atoms with Gasteiger partial charge < -0.3 is 14.2 Å². The lowest BCUT2D eigenvalue weighted by Gasteiger charge is -2.25. The van der Waals surface area contributed by atoms with Crippen LogP contribution in [0.1, 0.15) is 25.7 Å². The quantitative estimate of drug-likeness (QED) is 0.869. The average Bonchev–Trinajstić information content (AvgIpc) is 3.32. The summed E-state index contributed by atoms with van der Waals surface area (Å²) in [5.41, 5.74) is 0.772. The van der Waals surface area contributed by atoms with E-state index in [4.69, 9.17) is 9.47 Å². The number of aliphatic imine (C=N–C) groups is 1. The van der Waals surface area contributed by atoms with E-state index in [1.807, 2.05) is 0 Å². The van der Waals surface area contributed by atoms with Gasteiger partial charge in [-0.05, 0) is 30.9 Å². The number of benzene rings is 1. The highest BCUT2D eigenvalue weighted by molar-refractivity contribution is 7.98. The van der Waals surface area contributed by atoms with Crippen LogP contribution in [0.5, 0.6) is 5.75 Å². The summed E-state index contributed by atoms with van der Waals surface area (Å²) >= 11 is 1.43. The molecule has 2 aliphatic heterocycles. The smallest absolute Gasteiger partial charge is 0.149 e. The largest absolute Gasteiger partial charge is 0.488 e. The van der Waals surface area contributed by atoms with Crippen LogP contribution in [0, 0.1) is 11.7 Å². The predicted octanol–water partition coefficient (Wildman–Crippen LogP) is 3.43. The van der Waals surface area contributed by atoms with E-state index in [-0.39, 0.29) is 11.9 Å². The Hall–Kier alpha value is -1.27. The topological polar surface area (TPSA) is 42.9 Å². The summed E-state index contributed by atoms with van der Waals surface area (Å²) in [5, 5.41) is 0. The van der Waals surface area contributed by atoms with Crippen LogP contribution in [0.3, 0.4) is 0 Å². The highest BCUT2D eigenvalue weighted by atomic mass is 32.2. The van der Waals surface area contributed by atoms with E-state index in [1.165, 1.54) is 36.9 Å². The lowest BCUT2D eigenvalue weighted by atomic mass is 10.1. The van der Waals surface area contributed by atoms with Crippen LogP contribution in [0.2, 0.25) is 0 Å². The standard InChI is InChI=1S/C15H17FN2O2S/c16-10-7-12(20-11-3-5-19-6-4-11)14-13(8-10)21-18-15(17-14)9-1-2-9/h7-9,11H,1-6H2,(H,17,18). The molecule has 0 aromatic heterocycles. The molecule has 1 N–H and O–H groups in total. The zero-order valence-corrected chi connectivity index (χ0v) is 12.4. The number of halogens is 1. The van der Waals surface area contributed by atoms with Crippen molar-refractivity contribution in [3.63, 3.8) is 0 Å². The van der Waals surface area contributed by atoms with Gasteiger partial charge in [-0.3, -0.25) is 0 Å². The third-order valence-corrected chi connectivity index (χ3v) is 4.77. The Balaban J connectivity index is 1.64. The number of nitrogens with one attached hydrogen (secondary N) is 1. The number of amidine groups is 1. The van der Waals surface area contributed by atoms with Gasteiger partial charge in [0, 0.05) is 24.8 Å². The van der Waals surface area contributed by atoms with Gasteiger partial charge in [-0.25, -0.2) is 9.38 Å². The molecule has 1 aliphatic carbocycles. The molecule has 0 unspecified atom stereocenters. The van der Waals surface area contributed by atoms with Crippen LogP contribution in [0.15, 0.2) is 22.0 Å². The van der Waals surface area contributed by atoms with Crippen molar-refractivity contribution in [1.82, 2.24) is 4.72 Å². The molecular formula is C15H17FN2O2S. The van der Waals surface area contributed by atoms with Crippen molar-refractivity contribution in [2.24, 2.45) is 10.9 Å². The minimum atomic E-state index is -0.282. The summed E-state index contributed by atoms with van der Waals surface area (Å²) in [6, 6.07) is 2.96. The second-order valence-corrected chi connectivity index (χ2v) is 6.50. The molecule has 0 amide bonds. The van der Waals surface area contributed by atoms with Gasteiger partial charge in [-0.2, -0.15) is 0 Å². The minimum Gasteiger partial charge on any atom is -0.488 e. The van der Waals surface area contributed by atoms with E-state index in [2.05, 4.69) is 9.71 Å². The molecular weight excluding hydrogens is 291 g/mol. The van der Waals surface area contributed by atoms with Crippen LogP contribution in [-0.2, 0) is 4.74 Å². The molecule has 21 heavy (non-hydrogen) atoms. The van der Waals surface area contributed by atoms with E-state index >= 15 is 0 Å². The molecule has 6 heteroatoms. The van der Waals surface area contributed by atoms with Crippen molar-refractivity contribution in [2.45, 2.75) is 36.7 Å². The monoisotopic (exact) mass is 308 g/mol. The maximum Gasteiger partial charge on any atom is 0.149 e. The summed E-state index contributed by atoms with van der Waals surface area (Å²) in [6.45, 7) is 1.41. The van der Waals surface area contributed by atoms with Gasteiger partial charge in [0.2, 0.25) is 0 Å². The number of hydrogen-bond donors (Lipinski definition) is 1. The van der Waals surface area contributed by atoms with Crippen molar-refractivity contribution >= 4 is 23.5 Å². The van der Waals surface area contributed by atoms with Crippen LogP contribution in [0.4, 0.5) is 10.1 Å². The highest BCUT2D eigenvalue weighted by Gasteiger charge is 2.31. The number of fused-ring (bicyclic) bond motifs is 1. The number of nitrogens with zero attached hydrogens (tertiary/aromatic N) is 1. The second kappa shape index (κ2) is 5.50. The van der Waals surface area contributed by atoms with Crippen LogP contribution in [0.25, 0.3) is 0 Å². The van der Waals surface area contributed by atoms with E-state index < -0.39 is 0 Å². The van der Waals surface area contributed by atoms with Crippen molar-refractivity contribution in [3.05, 3.63) is 17.9 Å². The SMILES string of the molecule is Fc1cc(OC2CCOCC2)c2c(c1)SNC(C1CC1)=N2. The van der Waals surface area contributed by atoms with E-state index in [9.17, 15) is 4.39 Å². The maximum absolute atomic E-state index is 13.8. The van der Waals surface area contributed by atoms with Gasteiger partial charge >= 0.3 is 0 Å². The summed E-state index contributed by atoms with van der Waals surface area (Å²) in [6.07, 6.45) is 4.13. The van der Waals surface area contributed by atoms with Crippen LogP contribution in [-0.4, -0.2) is 25.2 Å². The first kappa shape index (κ1) is 13.4. The fourth-order valence-corrected chi connectivity index (χ4v) is 3.42. The van der Waals surface area contributed by atoms with Crippen molar-refractivity contribution in [2.75, 3.05) is 13.2 Å². The molecule has 4 rings (SSSR count). The molecule has 0 radical (unpaired) electrons. The van der Waals surface area contributed by atoms with Crippen molar-refractivity contribution < 1.29 is 13.9 Å². The summed E-state index contributed by atoms with van der Waals surface area (Å²) < 4.78 is 28.4. The van der Waals surface area contributed by atoms with Gasteiger partial charge in [-0.1, -0.05) is 0 Å². The molecule has 1 aromatic carbocycles. The Bertz CT molecular complexity index is 583. The third-order valence-electron chi connectivity index (χ3n) is 3.93. The predicted molar refractivity (Wildman–Crippen MR) is 79.7 cm³/mol. The van der Waals surface area contributed by atoms with Gasteiger partial charge in [0.05, 0.1) is 18.1 Å². The zero-order chi connectivity index (χ0) is 14.2. The van der Waals surface area contributed by atoms with Gasteiger partial charge in [0.1, 0.15) is 29.2 Å². The Morgan fingerprint density at radius 3 is 2.81 bits per heavy atom. The molecule has 0 bridgehead atoms. The highest BCUT2D eigenvalue weighted by Crippen LogP contribution is 2.44. The molecule has 2 fully saturated rings. The molecule has 0 spiro atoms. The first-order valence-corrected chi connectivity index (χ1v) is 8.20. The van der Waals surface area contributed by atoms with E-state index in [1.54, 1.807) is 0 Å². The minimum absolute atomic E-state index is 0.0871. The molecule has 2 heterocycles. The number of hydrogen-bond acceptors (Lipinski definition) is 5. The van der Waals surface area contributed by atoms with E-state index in [0.717, 1.165) is 29.3 Å². The Morgan fingerprint density at radius 2 is 2.05 bits per heavy atom. The Labute approximate surface area is 127 Å². The molecule has 1 aromatic rings. The Morgan fingerprint density at radius 1 is 1.24 bits per heavy atom. The van der Waals surface area contributed by atoms with Crippen LogP contribution < -0.4 is 9.46 Å². The molecule has 3 aliphatic rings. The average molecular weight is 308 g/mol. The lowest BCUT2D eigenvalue weighted by Crippen LogP contribution is -2.26.